The molecular weight excluding hydrogens is 244 g/mol. The van der Waals surface area contributed by atoms with Crippen LogP contribution in [-0.4, -0.2) is 35.9 Å². The van der Waals surface area contributed by atoms with Crippen molar-refractivity contribution in [2.24, 2.45) is 5.92 Å². The lowest BCUT2D eigenvalue weighted by atomic mass is 10.1. The summed E-state index contributed by atoms with van der Waals surface area (Å²) >= 11 is 0. The van der Waals surface area contributed by atoms with Crippen LogP contribution in [0.15, 0.2) is 18.2 Å². The van der Waals surface area contributed by atoms with Crippen molar-refractivity contribution in [3.63, 3.8) is 0 Å². The van der Waals surface area contributed by atoms with Crippen LogP contribution in [0, 0.1) is 5.92 Å². The smallest absolute Gasteiger partial charge is 0.272 e. The number of fused-ring (bicyclic) bond motifs is 1. The molecule has 1 saturated heterocycles. The number of aromatic amines is 1. The van der Waals surface area contributed by atoms with Crippen molar-refractivity contribution in [2.45, 2.75) is 6.42 Å². The van der Waals surface area contributed by atoms with E-state index in [0.717, 1.165) is 23.9 Å². The van der Waals surface area contributed by atoms with Gasteiger partial charge in [0.1, 0.15) is 0 Å². The number of nitrogens with one attached hydrogen (secondary N) is 2. The molecule has 0 radical (unpaired) electrons. The first kappa shape index (κ1) is 12.0. The summed E-state index contributed by atoms with van der Waals surface area (Å²) in [5.74, 6) is 0.225. The molecule has 1 unspecified atom stereocenters. The zero-order valence-electron chi connectivity index (χ0n) is 10.5. The molecule has 6 heteroatoms. The fourth-order valence-corrected chi connectivity index (χ4v) is 2.27. The first-order valence-electron chi connectivity index (χ1n) is 6.33. The highest BCUT2D eigenvalue weighted by Crippen LogP contribution is 2.19. The van der Waals surface area contributed by atoms with Gasteiger partial charge < -0.3 is 15.8 Å². The Morgan fingerprint density at radius 2 is 2.47 bits per heavy atom. The van der Waals surface area contributed by atoms with Crippen LogP contribution in [0.25, 0.3) is 10.9 Å². The maximum absolute atomic E-state index is 12.1. The predicted octanol–water partition coefficient (Wildman–Crippen LogP) is 0.911. The zero-order valence-corrected chi connectivity index (χ0v) is 10.5. The van der Waals surface area contributed by atoms with Crippen molar-refractivity contribution >= 4 is 22.5 Å². The summed E-state index contributed by atoms with van der Waals surface area (Å²) in [6.45, 7) is 2.12. The molecular formula is C13H16N4O2. The largest absolute Gasteiger partial charge is 0.399 e. The third kappa shape index (κ3) is 2.39. The summed E-state index contributed by atoms with van der Waals surface area (Å²) in [6, 6.07) is 5.35. The third-order valence-corrected chi connectivity index (χ3v) is 3.38. The molecule has 0 saturated carbocycles. The van der Waals surface area contributed by atoms with E-state index in [9.17, 15) is 4.79 Å². The maximum Gasteiger partial charge on any atom is 0.272 e. The molecule has 0 aliphatic carbocycles. The molecule has 0 spiro atoms. The van der Waals surface area contributed by atoms with E-state index in [1.807, 2.05) is 6.07 Å². The number of anilines is 1. The molecule has 2 aromatic rings. The van der Waals surface area contributed by atoms with E-state index >= 15 is 0 Å². The number of aromatic nitrogens is 2. The topological polar surface area (TPSA) is 93.0 Å². The Morgan fingerprint density at radius 3 is 3.26 bits per heavy atom. The molecule has 4 N–H and O–H groups in total. The Hall–Kier alpha value is -2.08. The summed E-state index contributed by atoms with van der Waals surface area (Å²) in [6.07, 6.45) is 0.995. The number of benzene rings is 1. The molecule has 1 atom stereocenters. The molecule has 1 amide bonds. The first-order chi connectivity index (χ1) is 9.24. The quantitative estimate of drug-likeness (QED) is 0.715. The number of nitrogen functional groups attached to an aromatic ring is 1. The summed E-state index contributed by atoms with van der Waals surface area (Å²) in [5.41, 5.74) is 7.55. The minimum absolute atomic E-state index is 0.177. The molecule has 19 heavy (non-hydrogen) atoms. The van der Waals surface area contributed by atoms with Gasteiger partial charge in [0.2, 0.25) is 0 Å². The van der Waals surface area contributed by atoms with E-state index in [1.54, 1.807) is 12.1 Å². The monoisotopic (exact) mass is 260 g/mol. The van der Waals surface area contributed by atoms with Crippen LogP contribution in [0.5, 0.6) is 0 Å². The highest BCUT2D eigenvalue weighted by atomic mass is 16.5. The van der Waals surface area contributed by atoms with Gasteiger partial charge in [0.15, 0.2) is 5.69 Å². The summed E-state index contributed by atoms with van der Waals surface area (Å²) in [4.78, 5) is 12.1. The molecule has 3 rings (SSSR count). The van der Waals surface area contributed by atoms with Gasteiger partial charge in [-0.25, -0.2) is 0 Å². The van der Waals surface area contributed by atoms with E-state index in [2.05, 4.69) is 15.5 Å². The number of carbonyl (C=O) groups excluding carboxylic acids is 1. The van der Waals surface area contributed by atoms with E-state index < -0.39 is 0 Å². The summed E-state index contributed by atoms with van der Waals surface area (Å²) in [5, 5.41) is 10.5. The van der Waals surface area contributed by atoms with E-state index in [-0.39, 0.29) is 5.91 Å². The highest BCUT2D eigenvalue weighted by molar-refractivity contribution is 6.05. The molecule has 2 heterocycles. The molecule has 100 valence electrons. The van der Waals surface area contributed by atoms with Crippen molar-refractivity contribution < 1.29 is 9.53 Å². The normalized spacial score (nSPS) is 18.8. The molecule has 1 aromatic carbocycles. The second-order valence-electron chi connectivity index (χ2n) is 4.82. The number of hydrogen-bond acceptors (Lipinski definition) is 4. The SMILES string of the molecule is Nc1ccc2[nH]nc(C(=O)NCC3CCOC3)c2c1. The fourth-order valence-electron chi connectivity index (χ4n) is 2.27. The second-order valence-corrected chi connectivity index (χ2v) is 4.82. The van der Waals surface area contributed by atoms with Crippen LogP contribution < -0.4 is 11.1 Å². The standard InChI is InChI=1S/C13H16N4O2/c14-9-1-2-11-10(5-9)12(17-16-11)13(18)15-6-8-3-4-19-7-8/h1-2,5,8H,3-4,6-7,14H2,(H,15,18)(H,16,17). The van der Waals surface area contributed by atoms with Crippen molar-refractivity contribution in [1.29, 1.82) is 0 Å². The van der Waals surface area contributed by atoms with Crippen LogP contribution in [0.4, 0.5) is 5.69 Å². The maximum atomic E-state index is 12.1. The predicted molar refractivity (Wildman–Crippen MR) is 71.8 cm³/mol. The van der Waals surface area contributed by atoms with Crippen LogP contribution in [0.1, 0.15) is 16.9 Å². The number of nitrogens with two attached hydrogens (primary N) is 1. The van der Waals surface area contributed by atoms with Gasteiger partial charge >= 0.3 is 0 Å². The number of hydrogen-bond donors (Lipinski definition) is 3. The number of rotatable bonds is 3. The minimum Gasteiger partial charge on any atom is -0.399 e. The van der Waals surface area contributed by atoms with Gasteiger partial charge in [0, 0.05) is 30.1 Å². The summed E-state index contributed by atoms with van der Waals surface area (Å²) in [7, 11) is 0. The average molecular weight is 260 g/mol. The van der Waals surface area contributed by atoms with E-state index in [4.69, 9.17) is 10.5 Å². The number of nitrogens with zero attached hydrogens (tertiary/aromatic N) is 1. The first-order valence-corrected chi connectivity index (χ1v) is 6.33. The van der Waals surface area contributed by atoms with Crippen LogP contribution >= 0.6 is 0 Å². The van der Waals surface area contributed by atoms with Gasteiger partial charge in [-0.15, -0.1) is 0 Å². The number of carbonyl (C=O) groups is 1. The third-order valence-electron chi connectivity index (χ3n) is 3.38. The molecule has 1 fully saturated rings. The van der Waals surface area contributed by atoms with E-state index in [0.29, 0.717) is 30.5 Å². The van der Waals surface area contributed by atoms with Gasteiger partial charge in [-0.05, 0) is 24.6 Å². The van der Waals surface area contributed by atoms with Gasteiger partial charge in [-0.3, -0.25) is 9.89 Å². The Labute approximate surface area is 110 Å². The highest BCUT2D eigenvalue weighted by Gasteiger charge is 2.19. The summed E-state index contributed by atoms with van der Waals surface area (Å²) < 4.78 is 5.28. The number of H-pyrrole nitrogens is 1. The Kier molecular flexibility index (Phi) is 3.08. The Balaban J connectivity index is 1.75. The second kappa shape index (κ2) is 4.89. The molecule has 6 nitrogen and oxygen atoms in total. The fraction of sp³-hybridized carbons (Fsp3) is 0.385. The lowest BCUT2D eigenvalue weighted by molar-refractivity contribution is 0.0941. The molecule has 1 aromatic heterocycles. The zero-order chi connectivity index (χ0) is 13.2. The van der Waals surface area contributed by atoms with Crippen molar-refractivity contribution in [2.75, 3.05) is 25.5 Å². The van der Waals surface area contributed by atoms with Gasteiger partial charge in [0.05, 0.1) is 12.1 Å². The number of ether oxygens (including phenoxy) is 1. The molecule has 1 aliphatic heterocycles. The van der Waals surface area contributed by atoms with E-state index in [1.165, 1.54) is 0 Å². The Morgan fingerprint density at radius 1 is 1.58 bits per heavy atom. The van der Waals surface area contributed by atoms with Crippen LogP contribution in [-0.2, 0) is 4.74 Å². The average Bonchev–Trinajstić information content (AvgIpc) is 3.04. The number of amides is 1. The van der Waals surface area contributed by atoms with Crippen LogP contribution in [0.2, 0.25) is 0 Å². The lowest BCUT2D eigenvalue weighted by Gasteiger charge is -2.08. The Bertz CT molecular complexity index is 602. The minimum atomic E-state index is -0.177. The van der Waals surface area contributed by atoms with Crippen molar-refractivity contribution in [3.8, 4) is 0 Å². The van der Waals surface area contributed by atoms with Crippen LogP contribution in [0.3, 0.4) is 0 Å². The van der Waals surface area contributed by atoms with Crippen molar-refractivity contribution in [1.82, 2.24) is 15.5 Å². The van der Waals surface area contributed by atoms with Crippen molar-refractivity contribution in [3.05, 3.63) is 23.9 Å². The molecule has 0 bridgehead atoms. The van der Waals surface area contributed by atoms with Gasteiger partial charge in [-0.1, -0.05) is 0 Å². The van der Waals surface area contributed by atoms with Gasteiger partial charge in [-0.2, -0.15) is 5.10 Å². The molecule has 1 aliphatic rings. The van der Waals surface area contributed by atoms with Gasteiger partial charge in [0.25, 0.3) is 5.91 Å². The lowest BCUT2D eigenvalue weighted by Crippen LogP contribution is -2.29.